The average molecular weight is 290 g/mol. The third-order valence-electron chi connectivity index (χ3n) is 5.58. The summed E-state index contributed by atoms with van der Waals surface area (Å²) in [6.45, 7) is 3.88. The Balaban J connectivity index is 1.69. The van der Waals surface area contributed by atoms with Crippen LogP contribution in [-0.4, -0.2) is 13.1 Å². The van der Waals surface area contributed by atoms with Gasteiger partial charge in [-0.3, -0.25) is 0 Å². The molecule has 1 aromatic carbocycles. The second kappa shape index (κ2) is 5.96. The molecule has 1 saturated carbocycles. The Hall–Kier alpha value is -1.09. The minimum Gasteiger partial charge on any atom is -0.369 e. The molecule has 0 aromatic heterocycles. The molecule has 1 spiro atoms. The van der Waals surface area contributed by atoms with Crippen molar-refractivity contribution < 1.29 is 4.39 Å². The zero-order valence-corrected chi connectivity index (χ0v) is 13.1. The Morgan fingerprint density at radius 3 is 2.33 bits per heavy atom. The van der Waals surface area contributed by atoms with Gasteiger partial charge in [-0.05, 0) is 55.7 Å². The molecule has 116 valence electrons. The Kier molecular flexibility index (Phi) is 4.21. The minimum atomic E-state index is -0.121. The fourth-order valence-electron chi connectivity index (χ4n) is 4.09. The number of hydrogen-bond donors (Lipinski definition) is 1. The van der Waals surface area contributed by atoms with E-state index in [1.807, 2.05) is 19.1 Å². The predicted molar refractivity (Wildman–Crippen MR) is 86.0 cm³/mol. The second-order valence-corrected chi connectivity index (χ2v) is 7.05. The quantitative estimate of drug-likeness (QED) is 0.875. The molecular formula is C18H27FN2. The zero-order chi connectivity index (χ0) is 14.9. The van der Waals surface area contributed by atoms with Crippen LogP contribution in [0, 0.1) is 11.2 Å². The molecule has 3 heteroatoms. The summed E-state index contributed by atoms with van der Waals surface area (Å²) in [7, 11) is 0. The normalized spacial score (nSPS) is 23.3. The van der Waals surface area contributed by atoms with Crippen LogP contribution in [-0.2, 0) is 0 Å². The Bertz CT molecular complexity index is 482. The van der Waals surface area contributed by atoms with Crippen molar-refractivity contribution in [1.82, 2.24) is 0 Å². The lowest BCUT2D eigenvalue weighted by Crippen LogP contribution is -2.41. The van der Waals surface area contributed by atoms with E-state index in [0.29, 0.717) is 5.41 Å². The zero-order valence-electron chi connectivity index (χ0n) is 13.1. The van der Waals surface area contributed by atoms with Gasteiger partial charge in [0.1, 0.15) is 5.82 Å². The smallest absolute Gasteiger partial charge is 0.146 e. The minimum absolute atomic E-state index is 0.111. The van der Waals surface area contributed by atoms with Crippen LogP contribution < -0.4 is 10.6 Å². The van der Waals surface area contributed by atoms with E-state index in [4.69, 9.17) is 5.73 Å². The third kappa shape index (κ3) is 3.08. The van der Waals surface area contributed by atoms with E-state index in [9.17, 15) is 4.39 Å². The Morgan fingerprint density at radius 1 is 1.10 bits per heavy atom. The first-order chi connectivity index (χ1) is 10.1. The van der Waals surface area contributed by atoms with Crippen LogP contribution in [0.15, 0.2) is 18.2 Å². The van der Waals surface area contributed by atoms with Crippen LogP contribution in [0.2, 0.25) is 0 Å². The summed E-state index contributed by atoms with van der Waals surface area (Å²) in [4.78, 5) is 2.22. The van der Waals surface area contributed by atoms with Crippen molar-refractivity contribution in [3.05, 3.63) is 29.6 Å². The molecule has 1 aromatic rings. The SMILES string of the molecule is CC(N)c1ccc(N2CCC3(CCCCC3)CC2)c(F)c1. The van der Waals surface area contributed by atoms with Crippen LogP contribution in [0.1, 0.15) is 63.5 Å². The van der Waals surface area contributed by atoms with Gasteiger partial charge in [0.25, 0.3) is 0 Å². The van der Waals surface area contributed by atoms with Crippen LogP contribution in [0.4, 0.5) is 10.1 Å². The van der Waals surface area contributed by atoms with E-state index in [-0.39, 0.29) is 11.9 Å². The fourth-order valence-corrected chi connectivity index (χ4v) is 4.09. The van der Waals surface area contributed by atoms with Gasteiger partial charge < -0.3 is 10.6 Å². The summed E-state index contributed by atoms with van der Waals surface area (Å²) in [5.41, 5.74) is 8.02. The number of hydrogen-bond acceptors (Lipinski definition) is 2. The van der Waals surface area contributed by atoms with E-state index < -0.39 is 0 Å². The van der Waals surface area contributed by atoms with Crippen LogP contribution in [0.3, 0.4) is 0 Å². The molecule has 1 heterocycles. The van der Waals surface area contributed by atoms with Gasteiger partial charge in [0, 0.05) is 19.1 Å². The van der Waals surface area contributed by atoms with E-state index in [1.165, 1.54) is 44.9 Å². The maximum absolute atomic E-state index is 14.3. The number of halogens is 1. The number of benzene rings is 1. The molecular weight excluding hydrogens is 263 g/mol. The van der Waals surface area contributed by atoms with Crippen molar-refractivity contribution in [2.45, 2.75) is 57.9 Å². The molecule has 2 fully saturated rings. The standard InChI is InChI=1S/C18H27FN2/c1-14(20)15-5-6-17(16(19)13-15)21-11-9-18(10-12-21)7-3-2-4-8-18/h5-6,13-14H,2-4,7-12,20H2,1H3. The van der Waals surface area contributed by atoms with E-state index >= 15 is 0 Å². The van der Waals surface area contributed by atoms with Crippen molar-refractivity contribution in [3.8, 4) is 0 Å². The molecule has 1 aliphatic heterocycles. The van der Waals surface area contributed by atoms with Gasteiger partial charge in [0.05, 0.1) is 5.69 Å². The lowest BCUT2D eigenvalue weighted by molar-refractivity contribution is 0.144. The number of nitrogens with two attached hydrogens (primary N) is 1. The first kappa shape index (κ1) is 14.8. The largest absolute Gasteiger partial charge is 0.369 e. The second-order valence-electron chi connectivity index (χ2n) is 7.05. The highest BCUT2D eigenvalue weighted by atomic mass is 19.1. The monoisotopic (exact) mass is 290 g/mol. The highest BCUT2D eigenvalue weighted by Crippen LogP contribution is 2.45. The van der Waals surface area contributed by atoms with Gasteiger partial charge >= 0.3 is 0 Å². The van der Waals surface area contributed by atoms with Crippen molar-refractivity contribution in [2.75, 3.05) is 18.0 Å². The molecule has 1 saturated heterocycles. The number of nitrogens with zero attached hydrogens (tertiary/aromatic N) is 1. The highest BCUT2D eigenvalue weighted by Gasteiger charge is 2.35. The summed E-state index contributed by atoms with van der Waals surface area (Å²) >= 11 is 0. The molecule has 1 aliphatic carbocycles. The van der Waals surface area contributed by atoms with E-state index in [1.54, 1.807) is 6.07 Å². The molecule has 2 nitrogen and oxygen atoms in total. The molecule has 0 radical (unpaired) electrons. The average Bonchev–Trinajstić information content (AvgIpc) is 2.49. The van der Waals surface area contributed by atoms with Crippen LogP contribution >= 0.6 is 0 Å². The topological polar surface area (TPSA) is 29.3 Å². The maximum Gasteiger partial charge on any atom is 0.146 e. The number of rotatable bonds is 2. The summed E-state index contributed by atoms with van der Waals surface area (Å²) < 4.78 is 14.3. The lowest BCUT2D eigenvalue weighted by Gasteiger charge is -2.45. The molecule has 2 aliphatic rings. The van der Waals surface area contributed by atoms with Crippen LogP contribution in [0.5, 0.6) is 0 Å². The lowest BCUT2D eigenvalue weighted by atomic mass is 9.68. The van der Waals surface area contributed by atoms with Gasteiger partial charge in [0.2, 0.25) is 0 Å². The first-order valence-corrected chi connectivity index (χ1v) is 8.40. The Labute approximate surface area is 127 Å². The first-order valence-electron chi connectivity index (χ1n) is 8.40. The number of anilines is 1. The molecule has 21 heavy (non-hydrogen) atoms. The fraction of sp³-hybridized carbons (Fsp3) is 0.667. The van der Waals surface area contributed by atoms with Crippen molar-refractivity contribution in [3.63, 3.8) is 0 Å². The van der Waals surface area contributed by atoms with Gasteiger partial charge in [0.15, 0.2) is 0 Å². The van der Waals surface area contributed by atoms with Gasteiger partial charge in [-0.15, -0.1) is 0 Å². The third-order valence-corrected chi connectivity index (χ3v) is 5.58. The van der Waals surface area contributed by atoms with Gasteiger partial charge in [-0.2, -0.15) is 0 Å². The molecule has 1 unspecified atom stereocenters. The maximum atomic E-state index is 14.3. The van der Waals surface area contributed by atoms with Crippen molar-refractivity contribution in [2.24, 2.45) is 11.1 Å². The highest BCUT2D eigenvalue weighted by molar-refractivity contribution is 5.50. The predicted octanol–water partition coefficient (Wildman–Crippen LogP) is 4.40. The van der Waals surface area contributed by atoms with Gasteiger partial charge in [-0.25, -0.2) is 4.39 Å². The summed E-state index contributed by atoms with van der Waals surface area (Å²) in [5.74, 6) is -0.121. The van der Waals surface area contributed by atoms with Gasteiger partial charge in [-0.1, -0.05) is 25.3 Å². The summed E-state index contributed by atoms with van der Waals surface area (Å²) in [6, 6.07) is 5.37. The van der Waals surface area contributed by atoms with E-state index in [2.05, 4.69) is 4.90 Å². The Morgan fingerprint density at radius 2 is 1.76 bits per heavy atom. The van der Waals surface area contributed by atoms with Crippen molar-refractivity contribution >= 4 is 5.69 Å². The summed E-state index contributed by atoms with van der Waals surface area (Å²) in [6.07, 6.45) is 9.39. The molecule has 0 bridgehead atoms. The van der Waals surface area contributed by atoms with Crippen molar-refractivity contribution in [1.29, 1.82) is 0 Å². The summed E-state index contributed by atoms with van der Waals surface area (Å²) in [5, 5.41) is 0. The molecule has 1 atom stereocenters. The molecule has 0 amide bonds. The number of piperidine rings is 1. The van der Waals surface area contributed by atoms with Crippen LogP contribution in [0.25, 0.3) is 0 Å². The molecule has 3 rings (SSSR count). The van der Waals surface area contributed by atoms with E-state index in [0.717, 1.165) is 24.3 Å². The molecule has 2 N–H and O–H groups in total.